The van der Waals surface area contributed by atoms with Crippen LogP contribution in [0.4, 0.5) is 4.39 Å². The molecule has 1 aliphatic rings. The maximum atomic E-state index is 13.4. The predicted octanol–water partition coefficient (Wildman–Crippen LogP) is 2.50. The zero-order valence-corrected chi connectivity index (χ0v) is 15.3. The molecule has 1 fully saturated rings. The summed E-state index contributed by atoms with van der Waals surface area (Å²) < 4.78 is 44.8. The smallest absolute Gasteiger partial charge is 0.206 e. The Bertz CT molecular complexity index is 877. The van der Waals surface area contributed by atoms with Crippen molar-refractivity contribution in [2.24, 2.45) is 0 Å². The second-order valence-electron chi connectivity index (χ2n) is 6.51. The minimum Gasteiger partial charge on any atom is -0.491 e. The molecule has 140 valence electrons. The number of nitrogens with one attached hydrogen (secondary N) is 1. The van der Waals surface area contributed by atoms with Gasteiger partial charge < -0.3 is 15.2 Å². The third kappa shape index (κ3) is 4.06. The second kappa shape index (κ2) is 7.73. The van der Waals surface area contributed by atoms with Gasteiger partial charge >= 0.3 is 0 Å². The van der Waals surface area contributed by atoms with Crippen LogP contribution in [0.2, 0.25) is 0 Å². The number of rotatable bonds is 6. The molecule has 0 aliphatic carbocycles. The van der Waals surface area contributed by atoms with Gasteiger partial charge in [-0.25, -0.2) is 12.8 Å². The Kier molecular flexibility index (Phi) is 5.60. The van der Waals surface area contributed by atoms with E-state index in [1.165, 1.54) is 30.3 Å². The number of hydrogen-bond acceptors (Lipinski definition) is 5. The molecule has 0 spiro atoms. The van der Waals surface area contributed by atoms with E-state index in [1.54, 1.807) is 13.0 Å². The number of hydrogen-bond donors (Lipinski definition) is 2. The molecule has 26 heavy (non-hydrogen) atoms. The Hall–Kier alpha value is -1.96. The molecule has 2 N–H and O–H groups in total. The molecule has 0 bridgehead atoms. The van der Waals surface area contributed by atoms with Gasteiger partial charge in [-0.15, -0.1) is 0 Å². The van der Waals surface area contributed by atoms with Gasteiger partial charge in [-0.2, -0.15) is 0 Å². The Balaban J connectivity index is 2.01. The summed E-state index contributed by atoms with van der Waals surface area (Å²) in [4.78, 5) is -0.0624. The van der Waals surface area contributed by atoms with Crippen LogP contribution in [0.15, 0.2) is 52.3 Å². The summed E-state index contributed by atoms with van der Waals surface area (Å²) in [5, 5.41) is 12.8. The molecule has 1 aliphatic heterocycles. The van der Waals surface area contributed by atoms with Crippen molar-refractivity contribution >= 4 is 9.84 Å². The first-order valence-electron chi connectivity index (χ1n) is 8.54. The van der Waals surface area contributed by atoms with Crippen LogP contribution in [0.25, 0.3) is 0 Å². The van der Waals surface area contributed by atoms with Crippen molar-refractivity contribution in [3.8, 4) is 5.75 Å². The van der Waals surface area contributed by atoms with E-state index in [0.29, 0.717) is 5.75 Å². The zero-order chi connectivity index (χ0) is 18.7. The van der Waals surface area contributed by atoms with E-state index < -0.39 is 21.8 Å². The van der Waals surface area contributed by atoms with Crippen LogP contribution in [0.5, 0.6) is 5.75 Å². The molecular formula is C19H22FNO4S. The van der Waals surface area contributed by atoms with Gasteiger partial charge in [-0.3, -0.25) is 0 Å². The number of benzene rings is 2. The fraction of sp³-hybridized carbons (Fsp3) is 0.368. The quantitative estimate of drug-likeness (QED) is 0.807. The van der Waals surface area contributed by atoms with E-state index >= 15 is 0 Å². The number of aliphatic hydroxyl groups is 1. The number of halogens is 1. The highest BCUT2D eigenvalue weighted by Gasteiger charge is 2.24. The summed E-state index contributed by atoms with van der Waals surface area (Å²) >= 11 is 0. The lowest BCUT2D eigenvalue weighted by atomic mass is 9.97. The highest BCUT2D eigenvalue weighted by molar-refractivity contribution is 7.91. The van der Waals surface area contributed by atoms with Crippen LogP contribution in [0.1, 0.15) is 24.8 Å². The molecular weight excluding hydrogens is 357 g/mol. The van der Waals surface area contributed by atoms with Gasteiger partial charge in [-0.1, -0.05) is 12.1 Å². The predicted molar refractivity (Wildman–Crippen MR) is 95.7 cm³/mol. The monoisotopic (exact) mass is 379 g/mol. The maximum Gasteiger partial charge on any atom is 0.206 e. The van der Waals surface area contributed by atoms with E-state index in [4.69, 9.17) is 4.74 Å². The van der Waals surface area contributed by atoms with Crippen molar-refractivity contribution in [2.45, 2.75) is 35.2 Å². The van der Waals surface area contributed by atoms with Gasteiger partial charge in [0.25, 0.3) is 0 Å². The summed E-state index contributed by atoms with van der Waals surface area (Å²) in [6.07, 6.45) is 0.258. The van der Waals surface area contributed by atoms with Crippen molar-refractivity contribution in [3.63, 3.8) is 0 Å². The van der Waals surface area contributed by atoms with Crippen LogP contribution in [0.3, 0.4) is 0 Å². The third-order valence-corrected chi connectivity index (χ3v) is 6.13. The Morgan fingerprint density at radius 1 is 1.27 bits per heavy atom. The molecule has 7 heteroatoms. The lowest BCUT2D eigenvalue weighted by Gasteiger charge is -2.18. The lowest BCUT2D eigenvalue weighted by molar-refractivity contribution is 0.122. The summed E-state index contributed by atoms with van der Waals surface area (Å²) in [6.45, 7) is 3.35. The minimum atomic E-state index is -3.86. The first-order chi connectivity index (χ1) is 12.4. The normalized spacial score (nSPS) is 18.7. The van der Waals surface area contributed by atoms with E-state index in [1.807, 2.05) is 0 Å². The zero-order valence-electron chi connectivity index (χ0n) is 14.5. The summed E-state index contributed by atoms with van der Waals surface area (Å²) in [7, 11) is -3.86. The second-order valence-corrected chi connectivity index (χ2v) is 8.46. The first-order valence-corrected chi connectivity index (χ1v) is 10.0. The van der Waals surface area contributed by atoms with Crippen molar-refractivity contribution in [3.05, 3.63) is 53.8 Å². The molecule has 2 aromatic carbocycles. The fourth-order valence-electron chi connectivity index (χ4n) is 3.04. The average Bonchev–Trinajstić information content (AvgIpc) is 3.14. The molecule has 0 radical (unpaired) electrons. The molecule has 0 aromatic heterocycles. The SMILES string of the molecule is CC(O)COc1cc(S(=O)(=O)c2cccc(F)c2)ccc1[C@@H]1CCNC1. The van der Waals surface area contributed by atoms with E-state index in [-0.39, 0.29) is 22.3 Å². The van der Waals surface area contributed by atoms with E-state index in [2.05, 4.69) is 5.32 Å². The van der Waals surface area contributed by atoms with Gasteiger partial charge in [0.2, 0.25) is 9.84 Å². The van der Waals surface area contributed by atoms with E-state index in [9.17, 15) is 17.9 Å². The minimum absolute atomic E-state index is 0.0402. The molecule has 1 saturated heterocycles. The lowest BCUT2D eigenvalue weighted by Crippen LogP contribution is -2.15. The van der Waals surface area contributed by atoms with Crippen LogP contribution in [-0.4, -0.2) is 39.3 Å². The van der Waals surface area contributed by atoms with Crippen LogP contribution in [0, 0.1) is 5.82 Å². The van der Waals surface area contributed by atoms with Crippen LogP contribution >= 0.6 is 0 Å². The largest absolute Gasteiger partial charge is 0.491 e. The maximum absolute atomic E-state index is 13.4. The first kappa shape index (κ1) is 18.8. The molecule has 5 nitrogen and oxygen atoms in total. The van der Waals surface area contributed by atoms with Crippen LogP contribution < -0.4 is 10.1 Å². The third-order valence-electron chi connectivity index (χ3n) is 4.38. The van der Waals surface area contributed by atoms with Gasteiger partial charge in [-0.05, 0) is 55.8 Å². The molecule has 3 rings (SSSR count). The van der Waals surface area contributed by atoms with Gasteiger partial charge in [0.1, 0.15) is 18.2 Å². The number of ether oxygens (including phenoxy) is 1. The Labute approximate surface area is 152 Å². The van der Waals surface area contributed by atoms with Crippen LogP contribution in [-0.2, 0) is 9.84 Å². The molecule has 1 heterocycles. The number of sulfone groups is 1. The highest BCUT2D eigenvalue weighted by Crippen LogP contribution is 2.34. The van der Waals surface area contributed by atoms with E-state index in [0.717, 1.165) is 31.1 Å². The van der Waals surface area contributed by atoms with Crippen molar-refractivity contribution < 1.29 is 22.7 Å². The Morgan fingerprint density at radius 3 is 2.69 bits per heavy atom. The van der Waals surface area contributed by atoms with Gasteiger partial charge in [0.15, 0.2) is 0 Å². The summed E-state index contributed by atoms with van der Waals surface area (Å²) in [6, 6.07) is 9.68. The Morgan fingerprint density at radius 2 is 2.04 bits per heavy atom. The summed E-state index contributed by atoms with van der Waals surface area (Å²) in [5.74, 6) is 0.0623. The number of aliphatic hydroxyl groups excluding tert-OH is 1. The molecule has 2 aromatic rings. The van der Waals surface area contributed by atoms with Crippen molar-refractivity contribution in [2.75, 3.05) is 19.7 Å². The fourth-order valence-corrected chi connectivity index (χ4v) is 4.35. The van der Waals surface area contributed by atoms with Gasteiger partial charge in [0.05, 0.1) is 15.9 Å². The average molecular weight is 379 g/mol. The molecule has 1 unspecified atom stereocenters. The highest BCUT2D eigenvalue weighted by atomic mass is 32.2. The molecule has 0 saturated carbocycles. The molecule has 2 atom stereocenters. The van der Waals surface area contributed by atoms with Crippen molar-refractivity contribution in [1.82, 2.24) is 5.32 Å². The summed E-state index contributed by atoms with van der Waals surface area (Å²) in [5.41, 5.74) is 0.911. The topological polar surface area (TPSA) is 75.6 Å². The van der Waals surface area contributed by atoms with Gasteiger partial charge in [0, 0.05) is 12.5 Å². The standard InChI is InChI=1S/C19H22FNO4S/c1-13(22)12-25-19-10-17(5-6-18(19)14-7-8-21-11-14)26(23,24)16-4-2-3-15(20)9-16/h2-6,9-10,13-14,21-22H,7-8,11-12H2,1H3/t13?,14-/m1/s1. The molecule has 0 amide bonds. The van der Waals surface area contributed by atoms with Crippen molar-refractivity contribution in [1.29, 1.82) is 0 Å².